The Kier molecular flexibility index (Phi) is 1.72. The molecule has 1 saturated heterocycles. The van der Waals surface area contributed by atoms with Gasteiger partial charge in [0, 0.05) is 12.5 Å². The number of rotatable bonds is 0. The van der Waals surface area contributed by atoms with E-state index in [2.05, 4.69) is 10.3 Å². The summed E-state index contributed by atoms with van der Waals surface area (Å²) < 4.78 is 8.71. The lowest BCUT2D eigenvalue weighted by atomic mass is 10.1. The molecule has 8 nitrogen and oxygen atoms in total. The molecule has 2 bridgehead atoms. The lowest BCUT2D eigenvalue weighted by Gasteiger charge is -2.14. The third-order valence-corrected chi connectivity index (χ3v) is 3.57. The topological polar surface area (TPSA) is 108 Å². The van der Waals surface area contributed by atoms with Gasteiger partial charge >= 0.3 is 0 Å². The van der Waals surface area contributed by atoms with Gasteiger partial charge < -0.3 is 15.6 Å². The van der Waals surface area contributed by atoms with Crippen LogP contribution in [-0.2, 0) is 11.3 Å². The molecule has 8 heteroatoms. The first-order chi connectivity index (χ1) is 8.65. The molecule has 4 rings (SSSR count). The van der Waals surface area contributed by atoms with E-state index in [4.69, 9.17) is 10.5 Å². The highest BCUT2D eigenvalue weighted by molar-refractivity contribution is 5.83. The summed E-state index contributed by atoms with van der Waals surface area (Å²) in [6.45, 7) is 0.372. The zero-order chi connectivity index (χ0) is 12.4. The molecule has 1 fully saturated rings. The predicted molar refractivity (Wildman–Crippen MR) is 60.7 cm³/mol. The van der Waals surface area contributed by atoms with E-state index >= 15 is 0 Å². The van der Waals surface area contributed by atoms with Crippen molar-refractivity contribution in [3.05, 3.63) is 16.4 Å². The van der Waals surface area contributed by atoms with Gasteiger partial charge in [-0.25, -0.2) is 4.68 Å². The predicted octanol–water partition coefficient (Wildman–Crippen LogP) is -1.16. The number of aromatic nitrogens is 4. The molecule has 18 heavy (non-hydrogen) atoms. The van der Waals surface area contributed by atoms with Gasteiger partial charge in [0.15, 0.2) is 11.2 Å². The Morgan fingerprint density at radius 1 is 1.56 bits per heavy atom. The summed E-state index contributed by atoms with van der Waals surface area (Å²) in [4.78, 5) is 12.1. The number of aliphatic hydroxyl groups excluding tert-OH is 1. The fraction of sp³-hybridized carbons (Fsp3) is 0.500. The van der Waals surface area contributed by atoms with Crippen molar-refractivity contribution >= 4 is 16.9 Å². The number of hydrogen-bond donors (Lipinski definition) is 2. The Morgan fingerprint density at radius 3 is 3.22 bits per heavy atom. The van der Waals surface area contributed by atoms with Gasteiger partial charge in [-0.3, -0.25) is 9.36 Å². The van der Waals surface area contributed by atoms with Crippen LogP contribution < -0.4 is 11.3 Å². The number of aliphatic hydroxyl groups is 1. The van der Waals surface area contributed by atoms with Crippen molar-refractivity contribution in [2.24, 2.45) is 0 Å². The maximum atomic E-state index is 12.1. The van der Waals surface area contributed by atoms with Gasteiger partial charge in [0.1, 0.15) is 12.3 Å². The highest BCUT2D eigenvalue weighted by Crippen LogP contribution is 2.34. The summed E-state index contributed by atoms with van der Waals surface area (Å²) in [6, 6.07) is 1.32. The monoisotopic (exact) mass is 249 g/mol. The van der Waals surface area contributed by atoms with Crippen LogP contribution in [0.4, 0.5) is 5.69 Å². The van der Waals surface area contributed by atoms with Crippen LogP contribution in [0.15, 0.2) is 10.9 Å². The summed E-state index contributed by atoms with van der Waals surface area (Å²) in [6.07, 6.45) is -1.03. The third kappa shape index (κ3) is 1.08. The van der Waals surface area contributed by atoms with Crippen LogP contribution in [-0.4, -0.2) is 36.9 Å². The zero-order valence-electron chi connectivity index (χ0n) is 9.35. The van der Waals surface area contributed by atoms with Gasteiger partial charge in [0.05, 0.1) is 18.3 Å². The quantitative estimate of drug-likeness (QED) is 0.609. The Balaban J connectivity index is 2.12. The highest BCUT2D eigenvalue weighted by Gasteiger charge is 2.40. The van der Waals surface area contributed by atoms with E-state index in [1.54, 1.807) is 4.68 Å². The lowest BCUT2D eigenvalue weighted by molar-refractivity contribution is -0.0202. The summed E-state index contributed by atoms with van der Waals surface area (Å²) >= 11 is 0. The maximum absolute atomic E-state index is 12.1. The minimum absolute atomic E-state index is 0.261. The molecule has 0 aliphatic carbocycles. The van der Waals surface area contributed by atoms with E-state index in [9.17, 15) is 9.90 Å². The number of nitrogens with two attached hydrogens (primary N) is 1. The number of pyridine rings is 1. The van der Waals surface area contributed by atoms with Crippen molar-refractivity contribution in [1.82, 2.24) is 19.6 Å². The molecular formula is C10H11N5O3. The van der Waals surface area contributed by atoms with Crippen molar-refractivity contribution in [1.29, 1.82) is 0 Å². The van der Waals surface area contributed by atoms with E-state index in [0.29, 0.717) is 29.8 Å². The first kappa shape index (κ1) is 10.0. The second kappa shape index (κ2) is 3.09. The van der Waals surface area contributed by atoms with Gasteiger partial charge in [-0.05, 0) is 0 Å². The fourth-order valence-electron chi connectivity index (χ4n) is 2.72. The molecule has 2 aliphatic rings. The van der Waals surface area contributed by atoms with Gasteiger partial charge in [-0.2, -0.15) is 0 Å². The van der Waals surface area contributed by atoms with E-state index in [0.717, 1.165) is 0 Å². The Morgan fingerprint density at radius 2 is 2.39 bits per heavy atom. The molecule has 2 aliphatic heterocycles. The molecule has 0 spiro atoms. The molecule has 2 aromatic rings. The summed E-state index contributed by atoms with van der Waals surface area (Å²) in [5.41, 5.74) is 6.90. The average Bonchev–Trinajstić information content (AvgIpc) is 2.81. The molecule has 4 heterocycles. The molecule has 1 unspecified atom stereocenters. The lowest BCUT2D eigenvalue weighted by Crippen LogP contribution is -2.28. The van der Waals surface area contributed by atoms with Crippen molar-refractivity contribution < 1.29 is 9.84 Å². The molecule has 3 atom stereocenters. The second-order valence-electron chi connectivity index (χ2n) is 4.68. The molecule has 0 saturated carbocycles. The first-order valence-electron chi connectivity index (χ1n) is 5.73. The van der Waals surface area contributed by atoms with Crippen LogP contribution in [0.3, 0.4) is 0 Å². The van der Waals surface area contributed by atoms with Crippen molar-refractivity contribution in [3.8, 4) is 0 Å². The molecule has 0 amide bonds. The summed E-state index contributed by atoms with van der Waals surface area (Å²) in [5.74, 6) is 0. The molecule has 2 aromatic heterocycles. The molecule has 94 valence electrons. The van der Waals surface area contributed by atoms with Gasteiger partial charge in [0.25, 0.3) is 5.56 Å². The van der Waals surface area contributed by atoms with E-state index in [1.807, 2.05) is 0 Å². The molecule has 0 radical (unpaired) electrons. The van der Waals surface area contributed by atoms with E-state index < -0.39 is 12.3 Å². The third-order valence-electron chi connectivity index (χ3n) is 3.57. The van der Waals surface area contributed by atoms with Crippen LogP contribution in [0.25, 0.3) is 11.2 Å². The maximum Gasteiger partial charge on any atom is 0.256 e. The van der Waals surface area contributed by atoms with Crippen LogP contribution in [0.2, 0.25) is 0 Å². The number of fused-ring (bicyclic) bond motifs is 3. The largest absolute Gasteiger partial charge is 0.397 e. The SMILES string of the molecule is Nc1cc(=O)n2c3c1nnn3C[C@H]1O[C@@H]2CC1O. The number of anilines is 1. The second-order valence-corrected chi connectivity index (χ2v) is 4.68. The molecular weight excluding hydrogens is 238 g/mol. The normalized spacial score (nSPS) is 29.7. The average molecular weight is 249 g/mol. The van der Waals surface area contributed by atoms with Crippen LogP contribution in [0, 0.1) is 0 Å². The van der Waals surface area contributed by atoms with Crippen LogP contribution >= 0.6 is 0 Å². The Bertz CT molecular complexity index is 705. The summed E-state index contributed by atoms with van der Waals surface area (Å²) in [7, 11) is 0. The van der Waals surface area contributed by atoms with Crippen molar-refractivity contribution in [2.45, 2.75) is 31.4 Å². The number of nitrogens with zero attached hydrogens (tertiary/aromatic N) is 4. The Hall–Kier alpha value is -1.93. The smallest absolute Gasteiger partial charge is 0.256 e. The van der Waals surface area contributed by atoms with Gasteiger partial charge in [0.2, 0.25) is 0 Å². The van der Waals surface area contributed by atoms with Crippen molar-refractivity contribution in [2.75, 3.05) is 5.73 Å². The van der Waals surface area contributed by atoms with Crippen molar-refractivity contribution in [3.63, 3.8) is 0 Å². The minimum Gasteiger partial charge on any atom is -0.397 e. The van der Waals surface area contributed by atoms with Crippen LogP contribution in [0.1, 0.15) is 12.6 Å². The molecule has 0 aromatic carbocycles. The minimum atomic E-state index is -0.591. The zero-order valence-corrected chi connectivity index (χ0v) is 9.35. The Labute approximate surface area is 101 Å². The molecule has 3 N–H and O–H groups in total. The van der Waals surface area contributed by atoms with E-state index in [1.165, 1.54) is 10.6 Å². The number of ether oxygens (including phenoxy) is 1. The van der Waals surface area contributed by atoms with E-state index in [-0.39, 0.29) is 11.7 Å². The van der Waals surface area contributed by atoms with Gasteiger partial charge in [-0.15, -0.1) is 5.10 Å². The number of hydrogen-bond acceptors (Lipinski definition) is 6. The van der Waals surface area contributed by atoms with Gasteiger partial charge in [-0.1, -0.05) is 5.21 Å². The standard InChI is InChI=1S/C10H11N5O3/c11-4-1-7(17)15-8-2-5(16)6(18-8)3-14-10(15)9(4)12-13-14/h1,5-6,8,16H,2-3,11H2/t5?,6-,8-/m1/s1. The first-order valence-corrected chi connectivity index (χ1v) is 5.73. The highest BCUT2D eigenvalue weighted by atomic mass is 16.5. The summed E-state index contributed by atoms with van der Waals surface area (Å²) in [5, 5.41) is 17.8. The van der Waals surface area contributed by atoms with Crippen LogP contribution in [0.5, 0.6) is 0 Å². The fourth-order valence-corrected chi connectivity index (χ4v) is 2.72. The number of nitrogen functional groups attached to an aromatic ring is 1.